The van der Waals surface area contributed by atoms with Gasteiger partial charge in [-0.25, -0.2) is 17.5 Å². The first-order valence-corrected chi connectivity index (χ1v) is 7.84. The Kier molecular flexibility index (Phi) is 4.68. The highest BCUT2D eigenvalue weighted by molar-refractivity contribution is 7.88. The highest BCUT2D eigenvalue weighted by Crippen LogP contribution is 2.08. The molecule has 0 radical (unpaired) electrons. The number of rotatable bonds is 5. The molecule has 0 aromatic heterocycles. The van der Waals surface area contributed by atoms with Gasteiger partial charge in [0.15, 0.2) is 0 Å². The molecule has 0 saturated carbocycles. The van der Waals surface area contributed by atoms with Crippen LogP contribution in [0.4, 0.5) is 4.39 Å². The van der Waals surface area contributed by atoms with Crippen molar-refractivity contribution in [1.29, 1.82) is 5.26 Å². The van der Waals surface area contributed by atoms with Gasteiger partial charge in [-0.3, -0.25) is 0 Å². The van der Waals surface area contributed by atoms with Crippen LogP contribution in [0.3, 0.4) is 0 Å². The number of hydrogen-bond acceptors (Lipinski definition) is 3. The van der Waals surface area contributed by atoms with Gasteiger partial charge in [-0.1, -0.05) is 24.3 Å². The van der Waals surface area contributed by atoms with Crippen molar-refractivity contribution in [2.45, 2.75) is 12.3 Å². The molecule has 0 saturated heterocycles. The Morgan fingerprint density at radius 3 is 2.14 bits per heavy atom. The van der Waals surface area contributed by atoms with Crippen molar-refractivity contribution >= 4 is 10.0 Å². The molecule has 0 aliphatic rings. The first-order valence-electron chi connectivity index (χ1n) is 6.19. The average molecular weight is 304 g/mol. The lowest BCUT2D eigenvalue weighted by Crippen LogP contribution is -2.24. The summed E-state index contributed by atoms with van der Waals surface area (Å²) in [5, 5.41) is 8.68. The monoisotopic (exact) mass is 304 g/mol. The van der Waals surface area contributed by atoms with Crippen molar-refractivity contribution in [1.82, 2.24) is 4.72 Å². The van der Waals surface area contributed by atoms with Gasteiger partial charge in [0.2, 0.25) is 10.0 Å². The molecule has 0 bridgehead atoms. The minimum atomic E-state index is -3.49. The summed E-state index contributed by atoms with van der Waals surface area (Å²) < 4.78 is 39.1. The van der Waals surface area contributed by atoms with Gasteiger partial charge in [-0.2, -0.15) is 5.26 Å². The molecule has 0 unspecified atom stereocenters. The van der Waals surface area contributed by atoms with E-state index >= 15 is 0 Å². The summed E-state index contributed by atoms with van der Waals surface area (Å²) in [7, 11) is -3.49. The van der Waals surface area contributed by atoms with E-state index in [9.17, 15) is 12.8 Å². The molecule has 0 spiro atoms. The molecule has 2 aromatic rings. The summed E-state index contributed by atoms with van der Waals surface area (Å²) >= 11 is 0. The number of hydrogen-bond donors (Lipinski definition) is 1. The summed E-state index contributed by atoms with van der Waals surface area (Å²) in [6, 6.07) is 14.0. The van der Waals surface area contributed by atoms with Gasteiger partial charge in [0.1, 0.15) is 5.82 Å². The fourth-order valence-corrected chi connectivity index (χ4v) is 2.86. The van der Waals surface area contributed by atoms with Crippen LogP contribution in [0, 0.1) is 17.1 Å². The van der Waals surface area contributed by atoms with Gasteiger partial charge >= 0.3 is 0 Å². The van der Waals surface area contributed by atoms with Gasteiger partial charge in [0, 0.05) is 6.54 Å². The second kappa shape index (κ2) is 6.48. The lowest BCUT2D eigenvalue weighted by molar-refractivity contribution is 0.580. The second-order valence-electron chi connectivity index (χ2n) is 4.52. The number of benzene rings is 2. The van der Waals surface area contributed by atoms with Crippen molar-refractivity contribution in [2.24, 2.45) is 0 Å². The SMILES string of the molecule is N#Cc1ccc(CS(=O)(=O)NCc2ccc(F)cc2)cc1. The van der Waals surface area contributed by atoms with Gasteiger partial charge in [-0.15, -0.1) is 0 Å². The number of sulfonamides is 1. The zero-order chi connectivity index (χ0) is 15.3. The Morgan fingerprint density at radius 2 is 1.57 bits per heavy atom. The molecular weight excluding hydrogens is 291 g/mol. The summed E-state index contributed by atoms with van der Waals surface area (Å²) in [5.41, 5.74) is 1.76. The van der Waals surface area contributed by atoms with Crippen LogP contribution in [0.25, 0.3) is 0 Å². The van der Waals surface area contributed by atoms with Gasteiger partial charge in [0.25, 0.3) is 0 Å². The van der Waals surface area contributed by atoms with E-state index in [-0.39, 0.29) is 18.1 Å². The average Bonchev–Trinajstić information content (AvgIpc) is 2.47. The second-order valence-corrected chi connectivity index (χ2v) is 6.32. The van der Waals surface area contributed by atoms with Crippen LogP contribution in [0.15, 0.2) is 48.5 Å². The molecular formula is C15H13FN2O2S. The smallest absolute Gasteiger partial charge is 0.212 e. The number of halogens is 1. The highest BCUT2D eigenvalue weighted by Gasteiger charge is 2.11. The topological polar surface area (TPSA) is 70.0 Å². The normalized spacial score (nSPS) is 11.0. The molecule has 0 heterocycles. The molecule has 1 N–H and O–H groups in total. The van der Waals surface area contributed by atoms with Crippen LogP contribution in [-0.4, -0.2) is 8.42 Å². The predicted molar refractivity (Wildman–Crippen MR) is 77.0 cm³/mol. The summed E-state index contributed by atoms with van der Waals surface area (Å²) in [6.07, 6.45) is 0. The van der Waals surface area contributed by atoms with Crippen molar-refractivity contribution in [3.8, 4) is 6.07 Å². The first-order chi connectivity index (χ1) is 9.98. The fraction of sp³-hybridized carbons (Fsp3) is 0.133. The van der Waals surface area contributed by atoms with E-state index in [1.807, 2.05) is 6.07 Å². The maximum atomic E-state index is 12.7. The molecule has 21 heavy (non-hydrogen) atoms. The highest BCUT2D eigenvalue weighted by atomic mass is 32.2. The Bertz CT molecular complexity index is 748. The van der Waals surface area contributed by atoms with Crippen molar-refractivity contribution in [2.75, 3.05) is 0 Å². The predicted octanol–water partition coefficient (Wildman–Crippen LogP) is 2.32. The number of nitriles is 1. The van der Waals surface area contributed by atoms with Gasteiger partial charge in [0.05, 0.1) is 17.4 Å². The summed E-state index contributed by atoms with van der Waals surface area (Å²) in [6.45, 7) is 0.110. The third-order valence-corrected chi connectivity index (χ3v) is 4.15. The summed E-state index contributed by atoms with van der Waals surface area (Å²) in [4.78, 5) is 0. The summed E-state index contributed by atoms with van der Waals surface area (Å²) in [5.74, 6) is -0.529. The van der Waals surface area contributed by atoms with Gasteiger partial charge < -0.3 is 0 Å². The third-order valence-electron chi connectivity index (χ3n) is 2.85. The minimum Gasteiger partial charge on any atom is -0.212 e. The van der Waals surface area contributed by atoms with Crippen LogP contribution in [0.2, 0.25) is 0 Å². The number of nitrogens with zero attached hydrogens (tertiary/aromatic N) is 1. The largest absolute Gasteiger partial charge is 0.216 e. The Morgan fingerprint density at radius 1 is 1.00 bits per heavy atom. The maximum absolute atomic E-state index is 12.7. The van der Waals surface area contributed by atoms with Crippen molar-refractivity contribution in [3.05, 3.63) is 71.0 Å². The zero-order valence-electron chi connectivity index (χ0n) is 11.1. The molecule has 0 fully saturated rings. The molecule has 0 aliphatic carbocycles. The molecule has 0 amide bonds. The molecule has 0 atom stereocenters. The molecule has 2 rings (SSSR count). The van der Waals surface area contributed by atoms with Crippen molar-refractivity contribution in [3.63, 3.8) is 0 Å². The lowest BCUT2D eigenvalue weighted by atomic mass is 10.2. The Hall–Kier alpha value is -2.23. The lowest BCUT2D eigenvalue weighted by Gasteiger charge is -2.07. The fourth-order valence-electron chi connectivity index (χ4n) is 1.74. The minimum absolute atomic E-state index is 0.110. The van der Waals surface area contributed by atoms with E-state index in [2.05, 4.69) is 4.72 Å². The number of nitrogens with one attached hydrogen (secondary N) is 1. The van der Waals surface area contributed by atoms with E-state index < -0.39 is 10.0 Å². The quantitative estimate of drug-likeness (QED) is 0.921. The van der Waals surface area contributed by atoms with Crippen LogP contribution in [-0.2, 0) is 22.3 Å². The standard InChI is InChI=1S/C15H13FN2O2S/c16-15-7-5-13(6-8-15)10-18-21(19,20)11-14-3-1-12(9-17)2-4-14/h1-8,18H,10-11H2. The van der Waals surface area contributed by atoms with Crippen LogP contribution in [0.5, 0.6) is 0 Å². The van der Waals surface area contributed by atoms with E-state index in [1.54, 1.807) is 24.3 Å². The van der Waals surface area contributed by atoms with Crippen molar-refractivity contribution < 1.29 is 12.8 Å². The van der Waals surface area contributed by atoms with Crippen LogP contribution in [0.1, 0.15) is 16.7 Å². The molecule has 108 valence electrons. The van der Waals surface area contributed by atoms with Crippen LogP contribution < -0.4 is 4.72 Å². The third kappa shape index (κ3) is 4.67. The van der Waals surface area contributed by atoms with Gasteiger partial charge in [-0.05, 0) is 35.4 Å². The Labute approximate surface area is 122 Å². The molecule has 0 aliphatic heterocycles. The van der Waals surface area contributed by atoms with E-state index in [4.69, 9.17) is 5.26 Å². The molecule has 2 aromatic carbocycles. The van der Waals surface area contributed by atoms with E-state index in [0.29, 0.717) is 16.7 Å². The van der Waals surface area contributed by atoms with E-state index in [1.165, 1.54) is 24.3 Å². The Balaban J connectivity index is 1.98. The van der Waals surface area contributed by atoms with Crippen LogP contribution >= 0.6 is 0 Å². The molecule has 6 heteroatoms. The first kappa shape index (κ1) is 15.2. The van der Waals surface area contributed by atoms with E-state index in [0.717, 1.165) is 0 Å². The maximum Gasteiger partial charge on any atom is 0.216 e. The zero-order valence-corrected chi connectivity index (χ0v) is 11.9. The molecule has 4 nitrogen and oxygen atoms in total.